The standard InChI is InChI=1S/C22H24NP/c1-15-16(2)22-20-14-23(17-9-5-3-6-10-17)13-19(20)21(15)24(22)18-11-7-4-8-12-18/h3-12,19-22H,13-14H2,1-2H3/t19-,20+,21-,22+,24?. The van der Waals surface area contributed by atoms with Crippen LogP contribution in [0.15, 0.2) is 71.8 Å². The molecule has 0 amide bonds. The third kappa shape index (κ3) is 1.97. The largest absolute Gasteiger partial charge is 0.371 e. The number of hydrogen-bond donors (Lipinski definition) is 0. The minimum absolute atomic E-state index is 0.0522. The van der Waals surface area contributed by atoms with Gasteiger partial charge < -0.3 is 4.90 Å². The summed E-state index contributed by atoms with van der Waals surface area (Å²) < 4.78 is 0. The summed E-state index contributed by atoms with van der Waals surface area (Å²) in [5.74, 6) is 1.70. The van der Waals surface area contributed by atoms with Crippen molar-refractivity contribution in [2.24, 2.45) is 11.8 Å². The van der Waals surface area contributed by atoms with Gasteiger partial charge in [-0.3, -0.25) is 0 Å². The highest BCUT2D eigenvalue weighted by atomic mass is 31.1. The van der Waals surface area contributed by atoms with Crippen LogP contribution in [0.3, 0.4) is 0 Å². The number of benzene rings is 2. The normalized spacial score (nSPS) is 34.1. The van der Waals surface area contributed by atoms with E-state index in [1.807, 2.05) is 0 Å². The lowest BCUT2D eigenvalue weighted by Gasteiger charge is -2.26. The van der Waals surface area contributed by atoms with Gasteiger partial charge in [0.1, 0.15) is 0 Å². The number of fused-ring (bicyclic) bond motifs is 5. The molecule has 2 aromatic carbocycles. The molecular weight excluding hydrogens is 309 g/mol. The van der Waals surface area contributed by atoms with E-state index < -0.39 is 0 Å². The fourth-order valence-corrected chi connectivity index (χ4v) is 9.61. The molecule has 122 valence electrons. The summed E-state index contributed by atoms with van der Waals surface area (Å²) in [6, 6.07) is 22.4. The van der Waals surface area contributed by atoms with Gasteiger partial charge >= 0.3 is 0 Å². The molecule has 3 heterocycles. The van der Waals surface area contributed by atoms with Crippen molar-refractivity contribution in [1.29, 1.82) is 0 Å². The van der Waals surface area contributed by atoms with Gasteiger partial charge in [-0.25, -0.2) is 0 Å². The van der Waals surface area contributed by atoms with Gasteiger partial charge in [0.25, 0.3) is 0 Å². The summed E-state index contributed by atoms with van der Waals surface area (Å²) in [4.78, 5) is 2.64. The first-order valence-corrected chi connectivity index (χ1v) is 10.5. The fraction of sp³-hybridized carbons (Fsp3) is 0.364. The van der Waals surface area contributed by atoms with E-state index in [-0.39, 0.29) is 7.92 Å². The van der Waals surface area contributed by atoms with Gasteiger partial charge in [-0.15, -0.1) is 0 Å². The molecule has 0 saturated carbocycles. The topological polar surface area (TPSA) is 3.24 Å². The fourth-order valence-electron chi connectivity index (χ4n) is 5.40. The number of hydrogen-bond acceptors (Lipinski definition) is 1. The van der Waals surface area contributed by atoms with Crippen LogP contribution in [0.5, 0.6) is 0 Å². The molecule has 2 fully saturated rings. The molecule has 0 spiro atoms. The summed E-state index contributed by atoms with van der Waals surface area (Å²) in [7, 11) is -0.0522. The van der Waals surface area contributed by atoms with Crippen LogP contribution in [0.4, 0.5) is 5.69 Å². The monoisotopic (exact) mass is 333 g/mol. The maximum atomic E-state index is 2.64. The SMILES string of the molecule is CC1=C(C)[C@H]2[C@H]3CN(c4ccccc4)C[C@H]3[C@@H]1P2c1ccccc1. The molecule has 2 saturated heterocycles. The molecule has 1 unspecified atom stereocenters. The first-order chi connectivity index (χ1) is 11.8. The van der Waals surface area contributed by atoms with Gasteiger partial charge in [0.05, 0.1) is 0 Å². The van der Waals surface area contributed by atoms with E-state index in [1.165, 1.54) is 18.8 Å². The first kappa shape index (κ1) is 14.7. The van der Waals surface area contributed by atoms with Gasteiger partial charge in [-0.05, 0) is 43.1 Å². The zero-order valence-electron chi connectivity index (χ0n) is 14.4. The Morgan fingerprint density at radius 1 is 0.750 bits per heavy atom. The van der Waals surface area contributed by atoms with Crippen LogP contribution < -0.4 is 10.2 Å². The first-order valence-electron chi connectivity index (χ1n) is 9.06. The number of nitrogens with zero attached hydrogens (tertiary/aromatic N) is 1. The molecule has 5 rings (SSSR count). The van der Waals surface area contributed by atoms with Gasteiger partial charge in [-0.1, -0.05) is 67.6 Å². The van der Waals surface area contributed by atoms with Crippen LogP contribution in [0, 0.1) is 11.8 Å². The van der Waals surface area contributed by atoms with Crippen LogP contribution in [0.2, 0.25) is 0 Å². The van der Waals surface area contributed by atoms with Crippen LogP contribution in [-0.2, 0) is 0 Å². The molecule has 3 aliphatic heterocycles. The lowest BCUT2D eigenvalue weighted by Crippen LogP contribution is -2.26. The van der Waals surface area contributed by atoms with E-state index in [1.54, 1.807) is 16.5 Å². The minimum Gasteiger partial charge on any atom is -0.371 e. The molecule has 0 N–H and O–H groups in total. The van der Waals surface area contributed by atoms with Crippen LogP contribution in [0.25, 0.3) is 0 Å². The molecule has 2 bridgehead atoms. The van der Waals surface area contributed by atoms with Gasteiger partial charge in [0, 0.05) is 30.1 Å². The zero-order chi connectivity index (χ0) is 16.3. The molecule has 2 heteroatoms. The molecular formula is C22H24NP. The average Bonchev–Trinajstić information content (AvgIpc) is 3.25. The summed E-state index contributed by atoms with van der Waals surface area (Å²) >= 11 is 0. The lowest BCUT2D eigenvalue weighted by molar-refractivity contribution is 0.436. The molecule has 3 aliphatic rings. The Balaban J connectivity index is 1.49. The number of para-hydroxylation sites is 1. The van der Waals surface area contributed by atoms with Crippen molar-refractivity contribution in [3.63, 3.8) is 0 Å². The van der Waals surface area contributed by atoms with Crippen molar-refractivity contribution in [3.05, 3.63) is 71.8 Å². The van der Waals surface area contributed by atoms with E-state index in [0.29, 0.717) is 0 Å². The maximum Gasteiger partial charge on any atom is 0.0366 e. The molecule has 0 radical (unpaired) electrons. The van der Waals surface area contributed by atoms with Crippen molar-refractivity contribution >= 4 is 18.9 Å². The second kappa shape index (κ2) is 5.46. The average molecular weight is 333 g/mol. The van der Waals surface area contributed by atoms with E-state index in [4.69, 9.17) is 0 Å². The zero-order valence-corrected chi connectivity index (χ0v) is 15.3. The quantitative estimate of drug-likeness (QED) is 0.571. The van der Waals surface area contributed by atoms with Crippen molar-refractivity contribution in [1.82, 2.24) is 0 Å². The third-order valence-electron chi connectivity index (χ3n) is 6.51. The van der Waals surface area contributed by atoms with E-state index in [9.17, 15) is 0 Å². The minimum atomic E-state index is -0.0522. The smallest absolute Gasteiger partial charge is 0.0366 e. The maximum absolute atomic E-state index is 2.64. The lowest BCUT2D eigenvalue weighted by atomic mass is 9.79. The Morgan fingerprint density at radius 3 is 1.79 bits per heavy atom. The van der Waals surface area contributed by atoms with Crippen LogP contribution >= 0.6 is 7.92 Å². The second-order valence-electron chi connectivity index (χ2n) is 7.57. The van der Waals surface area contributed by atoms with Crippen LogP contribution in [-0.4, -0.2) is 24.4 Å². The second-order valence-corrected chi connectivity index (χ2v) is 10.0. The van der Waals surface area contributed by atoms with Gasteiger partial charge in [-0.2, -0.15) is 0 Å². The molecule has 2 aromatic rings. The predicted molar refractivity (Wildman–Crippen MR) is 105 cm³/mol. The Kier molecular flexibility index (Phi) is 3.35. The van der Waals surface area contributed by atoms with Crippen LogP contribution in [0.1, 0.15) is 13.8 Å². The predicted octanol–water partition coefficient (Wildman–Crippen LogP) is 4.65. The van der Waals surface area contributed by atoms with E-state index in [2.05, 4.69) is 79.4 Å². The summed E-state index contributed by atoms with van der Waals surface area (Å²) in [5.41, 5.74) is 6.46. The highest BCUT2D eigenvalue weighted by molar-refractivity contribution is 7.68. The van der Waals surface area contributed by atoms with Crippen molar-refractivity contribution in [2.45, 2.75) is 25.2 Å². The molecule has 1 nitrogen and oxygen atoms in total. The Labute approximate surface area is 146 Å². The highest BCUT2D eigenvalue weighted by Crippen LogP contribution is 2.70. The molecule has 24 heavy (non-hydrogen) atoms. The number of allylic oxidation sites excluding steroid dienone is 2. The Morgan fingerprint density at radius 2 is 1.25 bits per heavy atom. The van der Waals surface area contributed by atoms with Gasteiger partial charge in [0.15, 0.2) is 0 Å². The molecule has 0 aliphatic carbocycles. The van der Waals surface area contributed by atoms with E-state index >= 15 is 0 Å². The number of rotatable bonds is 2. The molecule has 5 atom stereocenters. The molecule has 0 aromatic heterocycles. The third-order valence-corrected chi connectivity index (χ3v) is 10.1. The summed E-state index contributed by atoms with van der Waals surface area (Å²) in [6.45, 7) is 7.32. The van der Waals surface area contributed by atoms with Crippen molar-refractivity contribution in [2.75, 3.05) is 18.0 Å². The number of anilines is 1. The summed E-state index contributed by atoms with van der Waals surface area (Å²) in [6.07, 6.45) is 0. The Bertz CT molecular complexity index is 754. The highest BCUT2D eigenvalue weighted by Gasteiger charge is 2.59. The Hall–Kier alpha value is -1.59. The van der Waals surface area contributed by atoms with E-state index in [0.717, 1.165) is 23.2 Å². The van der Waals surface area contributed by atoms with Crippen molar-refractivity contribution in [3.8, 4) is 0 Å². The summed E-state index contributed by atoms with van der Waals surface area (Å²) in [5, 5.41) is 1.62. The van der Waals surface area contributed by atoms with Crippen molar-refractivity contribution < 1.29 is 0 Å². The van der Waals surface area contributed by atoms with Gasteiger partial charge in [0.2, 0.25) is 0 Å².